The molecule has 4 aliphatic heterocycles. The topological polar surface area (TPSA) is 13.0 Å². The first kappa shape index (κ1) is 16.0. The Labute approximate surface area is 161 Å². The van der Waals surface area contributed by atoms with E-state index in [2.05, 4.69) is 81.8 Å². The maximum absolute atomic E-state index is 3.50. The third kappa shape index (κ3) is 2.86. The third-order valence-corrected chi connectivity index (χ3v) is 4.21. The summed E-state index contributed by atoms with van der Waals surface area (Å²) in [6.07, 6.45) is 20.6. The minimum absolute atomic E-state index is 0. The van der Waals surface area contributed by atoms with E-state index in [0.29, 0.717) is 0 Å². The Bertz CT molecular complexity index is 795. The number of rotatable bonds is 2. The van der Waals surface area contributed by atoms with E-state index < -0.39 is 0 Å². The van der Waals surface area contributed by atoms with E-state index in [4.69, 9.17) is 0 Å². The van der Waals surface area contributed by atoms with Crippen molar-refractivity contribution < 1.29 is 19.8 Å². The molecule has 0 saturated heterocycles. The van der Waals surface area contributed by atoms with Crippen molar-refractivity contribution in [2.75, 3.05) is 9.80 Å². The molecular weight excluding hydrogens is 486 g/mol. The van der Waals surface area contributed by atoms with E-state index in [1.54, 1.807) is 0 Å². The van der Waals surface area contributed by atoms with Gasteiger partial charge in [-0.05, 0) is 49.1 Å². The van der Waals surface area contributed by atoms with E-state index in [1.807, 2.05) is 36.7 Å². The van der Waals surface area contributed by atoms with Gasteiger partial charge in [-0.2, -0.15) is 6.07 Å². The van der Waals surface area contributed by atoms with Crippen LogP contribution in [0.4, 0.5) is 11.4 Å². The summed E-state index contributed by atoms with van der Waals surface area (Å²) in [4.78, 5) is 8.38. The number of allylic oxidation sites excluding steroid dienone is 6. The van der Waals surface area contributed by atoms with Gasteiger partial charge in [0.2, 0.25) is 0 Å². The van der Waals surface area contributed by atoms with E-state index >= 15 is 0 Å². The van der Waals surface area contributed by atoms with Crippen molar-refractivity contribution in [1.29, 1.82) is 0 Å². The van der Waals surface area contributed by atoms with Gasteiger partial charge in [0.1, 0.15) is 0 Å². The molecule has 0 saturated carbocycles. The average molecular weight is 502 g/mol. The zero-order valence-corrected chi connectivity index (χ0v) is 15.8. The molecule has 4 heterocycles. The van der Waals surface area contributed by atoms with Gasteiger partial charge in [0.25, 0.3) is 0 Å². The molecular formula is C20H15N4Os-3. The van der Waals surface area contributed by atoms with Gasteiger partial charge in [-0.15, -0.1) is 42.9 Å². The molecule has 0 fully saturated rings. The maximum atomic E-state index is 3.50. The monoisotopic (exact) mass is 503 g/mol. The average Bonchev–Trinajstić information content (AvgIpc) is 3.26. The van der Waals surface area contributed by atoms with Crippen LogP contribution in [-0.4, -0.2) is 9.80 Å². The van der Waals surface area contributed by atoms with E-state index in [0.717, 1.165) is 22.8 Å². The van der Waals surface area contributed by atoms with Crippen LogP contribution in [0.1, 0.15) is 0 Å². The number of nitrogens with zero attached hydrogens (tertiary/aromatic N) is 4. The molecule has 0 bridgehead atoms. The van der Waals surface area contributed by atoms with Crippen LogP contribution in [0.5, 0.6) is 0 Å². The number of anilines is 2. The second-order valence-corrected chi connectivity index (χ2v) is 5.79. The third-order valence-electron chi connectivity index (χ3n) is 4.21. The fourth-order valence-corrected chi connectivity index (χ4v) is 3.00. The molecule has 0 spiro atoms. The second-order valence-electron chi connectivity index (χ2n) is 5.79. The Morgan fingerprint density at radius 1 is 0.680 bits per heavy atom. The quantitative estimate of drug-likeness (QED) is 0.572. The van der Waals surface area contributed by atoms with Gasteiger partial charge in [-0.25, -0.2) is 0 Å². The molecule has 1 aromatic carbocycles. The summed E-state index contributed by atoms with van der Waals surface area (Å²) >= 11 is 0. The van der Waals surface area contributed by atoms with Crippen LogP contribution >= 0.6 is 0 Å². The molecule has 0 aliphatic carbocycles. The van der Waals surface area contributed by atoms with Crippen molar-refractivity contribution in [3.8, 4) is 0 Å². The Morgan fingerprint density at radius 2 is 1.20 bits per heavy atom. The van der Waals surface area contributed by atoms with E-state index in [1.165, 1.54) is 0 Å². The number of fused-ring (bicyclic) bond motifs is 2. The van der Waals surface area contributed by atoms with Gasteiger partial charge in [-0.1, -0.05) is 12.2 Å². The number of hydrogen-bond acceptors (Lipinski definition) is 4. The largest absolute Gasteiger partial charge is 0.499 e. The summed E-state index contributed by atoms with van der Waals surface area (Å²) in [5.74, 6) is 0. The minimum atomic E-state index is 0. The first-order valence-electron chi connectivity index (χ1n) is 7.86. The summed E-state index contributed by atoms with van der Waals surface area (Å²) in [5.41, 5.74) is 4.33. The molecule has 0 unspecified atom stereocenters. The van der Waals surface area contributed by atoms with Gasteiger partial charge in [0.05, 0.1) is 0 Å². The van der Waals surface area contributed by atoms with Gasteiger partial charge in [0.15, 0.2) is 0 Å². The molecule has 1 aromatic rings. The summed E-state index contributed by atoms with van der Waals surface area (Å²) in [6.45, 7) is 4.12. The molecule has 0 atom stereocenters. The molecule has 0 N–H and O–H groups in total. The van der Waals surface area contributed by atoms with E-state index in [-0.39, 0.29) is 19.8 Å². The SMILES string of the molecule is [Os].[c-]1c(N2C=C3C=CC=CN3[CH-]2)cccc1N1C=C2C=CC=CN2[CH-]1. The standard InChI is InChI=1S/C20H15N4.Os/c1-3-10-21-15-23(13-19(21)6-1)17-8-5-9-18(12-17)24-14-20-7-2-4-11-22(20)16-24;/h1-11,13-16H;/q-3;. The van der Waals surface area contributed by atoms with Crippen LogP contribution in [-0.2, 0) is 19.8 Å². The smallest absolute Gasteiger partial charge is 0.0264 e. The van der Waals surface area contributed by atoms with Crippen LogP contribution in [0.3, 0.4) is 0 Å². The van der Waals surface area contributed by atoms with Crippen molar-refractivity contribution in [2.45, 2.75) is 0 Å². The van der Waals surface area contributed by atoms with Crippen molar-refractivity contribution in [3.05, 3.63) is 110 Å². The zero-order valence-electron chi connectivity index (χ0n) is 13.3. The predicted octanol–water partition coefficient (Wildman–Crippen LogP) is 3.82. The molecule has 0 aromatic heterocycles. The van der Waals surface area contributed by atoms with Crippen LogP contribution < -0.4 is 9.80 Å². The van der Waals surface area contributed by atoms with Gasteiger partial charge >= 0.3 is 0 Å². The predicted molar refractivity (Wildman–Crippen MR) is 95.2 cm³/mol. The van der Waals surface area contributed by atoms with Gasteiger partial charge in [0, 0.05) is 31.2 Å². The van der Waals surface area contributed by atoms with Crippen LogP contribution in [0.15, 0.2) is 90.8 Å². The number of hydrogen-bond donors (Lipinski definition) is 0. The Hall–Kier alpha value is -2.50. The van der Waals surface area contributed by atoms with Crippen LogP contribution in [0.25, 0.3) is 0 Å². The van der Waals surface area contributed by atoms with Crippen molar-refractivity contribution in [3.63, 3.8) is 0 Å². The summed E-state index contributed by atoms with van der Waals surface area (Å²) in [7, 11) is 0. The summed E-state index contributed by atoms with van der Waals surface area (Å²) in [5, 5.41) is 0. The number of benzene rings is 1. The van der Waals surface area contributed by atoms with Crippen LogP contribution in [0, 0.1) is 19.4 Å². The Morgan fingerprint density at radius 3 is 1.68 bits per heavy atom. The summed E-state index contributed by atoms with van der Waals surface area (Å²) < 4.78 is 0. The normalized spacial score (nSPS) is 19.7. The fourth-order valence-electron chi connectivity index (χ4n) is 3.00. The first-order chi connectivity index (χ1) is 11.9. The molecule has 4 aliphatic rings. The Kier molecular flexibility index (Phi) is 4.11. The maximum Gasteiger partial charge on any atom is 0.0264 e. The summed E-state index contributed by atoms with van der Waals surface area (Å²) in [6, 6.07) is 9.70. The van der Waals surface area contributed by atoms with E-state index in [9.17, 15) is 0 Å². The van der Waals surface area contributed by atoms with Gasteiger partial charge < -0.3 is 19.6 Å². The van der Waals surface area contributed by atoms with Crippen LogP contribution in [0.2, 0.25) is 0 Å². The molecule has 0 amide bonds. The molecule has 126 valence electrons. The van der Waals surface area contributed by atoms with Gasteiger partial charge in [-0.3, -0.25) is 0 Å². The first-order valence-corrected chi connectivity index (χ1v) is 7.86. The second kappa shape index (κ2) is 6.42. The molecule has 5 heteroatoms. The zero-order chi connectivity index (χ0) is 15.9. The van der Waals surface area contributed by atoms with Crippen molar-refractivity contribution in [2.24, 2.45) is 0 Å². The molecule has 5 rings (SSSR count). The minimum Gasteiger partial charge on any atom is -0.499 e. The molecule has 4 nitrogen and oxygen atoms in total. The molecule has 0 radical (unpaired) electrons. The Balaban J connectivity index is 0.00000157. The fraction of sp³-hybridized carbons (Fsp3) is 0. The molecule has 25 heavy (non-hydrogen) atoms. The van der Waals surface area contributed by atoms with Crippen molar-refractivity contribution in [1.82, 2.24) is 9.80 Å². The van der Waals surface area contributed by atoms with Crippen molar-refractivity contribution >= 4 is 11.4 Å².